The van der Waals surface area contributed by atoms with E-state index >= 15 is 0 Å². The molecule has 1 N–H and O–H groups in total. The first-order valence-electron chi connectivity index (χ1n) is 9.16. The Morgan fingerprint density at radius 2 is 1.76 bits per heavy atom. The van der Waals surface area contributed by atoms with Crippen molar-refractivity contribution in [1.82, 2.24) is 5.32 Å². The summed E-state index contributed by atoms with van der Waals surface area (Å²) in [6, 6.07) is 12.1. The minimum atomic E-state index is 0.429. The molecule has 0 aliphatic heterocycles. The van der Waals surface area contributed by atoms with E-state index in [4.69, 9.17) is 0 Å². The van der Waals surface area contributed by atoms with Gasteiger partial charge in [-0.1, -0.05) is 62.9 Å². The second-order valence-electron chi connectivity index (χ2n) is 7.21. The van der Waals surface area contributed by atoms with Crippen LogP contribution < -0.4 is 5.32 Å². The number of benzene rings is 1. The minimum absolute atomic E-state index is 0.429. The van der Waals surface area contributed by atoms with Crippen molar-refractivity contribution in [2.45, 2.75) is 76.2 Å². The molecule has 21 heavy (non-hydrogen) atoms. The molecule has 1 aromatic carbocycles. The van der Waals surface area contributed by atoms with Crippen molar-refractivity contribution in [2.75, 3.05) is 6.54 Å². The van der Waals surface area contributed by atoms with E-state index in [1.54, 1.807) is 5.56 Å². The van der Waals surface area contributed by atoms with Crippen molar-refractivity contribution < 1.29 is 0 Å². The van der Waals surface area contributed by atoms with Crippen LogP contribution in [-0.4, -0.2) is 12.6 Å². The fraction of sp³-hybridized carbons (Fsp3) is 0.700. The lowest BCUT2D eigenvalue weighted by Gasteiger charge is -2.52. The zero-order chi connectivity index (χ0) is 14.5. The predicted molar refractivity (Wildman–Crippen MR) is 90.6 cm³/mol. The lowest BCUT2D eigenvalue weighted by Crippen LogP contribution is -2.56. The Morgan fingerprint density at radius 3 is 2.33 bits per heavy atom. The highest BCUT2D eigenvalue weighted by molar-refractivity contribution is 5.31. The summed E-state index contributed by atoms with van der Waals surface area (Å²) in [6.45, 7) is 3.47. The lowest BCUT2D eigenvalue weighted by atomic mass is 9.56. The molecule has 1 unspecified atom stereocenters. The first kappa shape index (κ1) is 15.1. The van der Waals surface area contributed by atoms with Crippen LogP contribution in [0.3, 0.4) is 0 Å². The number of nitrogens with one attached hydrogen (secondary N) is 1. The molecule has 2 saturated carbocycles. The highest BCUT2D eigenvalue weighted by Crippen LogP contribution is 2.50. The largest absolute Gasteiger partial charge is 0.313 e. The van der Waals surface area contributed by atoms with Crippen molar-refractivity contribution in [1.29, 1.82) is 0 Å². The smallest absolute Gasteiger partial charge is 0.0192 e. The van der Waals surface area contributed by atoms with Crippen molar-refractivity contribution in [3.63, 3.8) is 0 Å². The van der Waals surface area contributed by atoms with Gasteiger partial charge in [0.25, 0.3) is 0 Å². The van der Waals surface area contributed by atoms with Crippen LogP contribution in [0.15, 0.2) is 30.3 Å². The van der Waals surface area contributed by atoms with Gasteiger partial charge in [-0.3, -0.25) is 0 Å². The van der Waals surface area contributed by atoms with Gasteiger partial charge in [-0.25, -0.2) is 0 Å². The van der Waals surface area contributed by atoms with Gasteiger partial charge in [-0.05, 0) is 50.1 Å². The van der Waals surface area contributed by atoms with Crippen LogP contribution in [0.25, 0.3) is 0 Å². The molecule has 2 aliphatic rings. The van der Waals surface area contributed by atoms with Crippen LogP contribution in [0.2, 0.25) is 0 Å². The van der Waals surface area contributed by atoms with E-state index in [0.29, 0.717) is 11.5 Å². The summed E-state index contributed by atoms with van der Waals surface area (Å²) in [5, 5.41) is 3.98. The predicted octanol–water partition coefficient (Wildman–Crippen LogP) is 5.06. The molecule has 2 fully saturated rings. The molecule has 0 heterocycles. The summed E-state index contributed by atoms with van der Waals surface area (Å²) in [4.78, 5) is 0. The molecule has 0 amide bonds. The SMILES string of the molecule is CCCNC(C1CCCCC1)C1(c2ccccc2)CCC1. The average Bonchev–Trinajstić information content (AvgIpc) is 2.51. The fourth-order valence-electron chi connectivity index (χ4n) is 4.69. The highest BCUT2D eigenvalue weighted by Gasteiger charge is 2.47. The third-order valence-corrected chi connectivity index (χ3v) is 5.93. The van der Waals surface area contributed by atoms with Crippen molar-refractivity contribution in [2.24, 2.45) is 5.92 Å². The van der Waals surface area contributed by atoms with E-state index < -0.39 is 0 Å². The Kier molecular flexibility index (Phi) is 5.00. The maximum Gasteiger partial charge on any atom is 0.0192 e. The average molecular weight is 285 g/mol. The Labute approximate surface area is 130 Å². The molecule has 0 aromatic heterocycles. The summed E-state index contributed by atoms with van der Waals surface area (Å²) in [5.74, 6) is 0.894. The molecule has 0 saturated heterocycles. The highest BCUT2D eigenvalue weighted by atomic mass is 14.9. The van der Waals surface area contributed by atoms with Gasteiger partial charge in [0, 0.05) is 11.5 Å². The summed E-state index contributed by atoms with van der Waals surface area (Å²) in [6.07, 6.45) is 12.6. The molecule has 0 spiro atoms. The third-order valence-electron chi connectivity index (χ3n) is 5.93. The Morgan fingerprint density at radius 1 is 1.05 bits per heavy atom. The zero-order valence-corrected chi connectivity index (χ0v) is 13.6. The number of hydrogen-bond donors (Lipinski definition) is 1. The first-order valence-corrected chi connectivity index (χ1v) is 9.16. The zero-order valence-electron chi connectivity index (χ0n) is 13.6. The molecule has 116 valence electrons. The molecule has 1 aromatic rings. The second kappa shape index (κ2) is 6.96. The van der Waals surface area contributed by atoms with Gasteiger partial charge in [0.05, 0.1) is 0 Å². The maximum absolute atomic E-state index is 3.98. The Balaban J connectivity index is 1.85. The molecule has 1 atom stereocenters. The van der Waals surface area contributed by atoms with E-state index in [1.165, 1.54) is 64.3 Å². The van der Waals surface area contributed by atoms with Crippen molar-refractivity contribution in [3.8, 4) is 0 Å². The van der Waals surface area contributed by atoms with E-state index in [2.05, 4.69) is 42.6 Å². The summed E-state index contributed by atoms with van der Waals surface area (Å²) in [5.41, 5.74) is 2.02. The monoisotopic (exact) mass is 285 g/mol. The molecule has 1 nitrogen and oxygen atoms in total. The topological polar surface area (TPSA) is 12.0 Å². The summed E-state index contributed by atoms with van der Waals surface area (Å²) >= 11 is 0. The van der Waals surface area contributed by atoms with Crippen LogP contribution >= 0.6 is 0 Å². The van der Waals surface area contributed by atoms with E-state index in [-0.39, 0.29) is 0 Å². The van der Waals surface area contributed by atoms with Gasteiger partial charge < -0.3 is 5.32 Å². The second-order valence-corrected chi connectivity index (χ2v) is 7.21. The molecule has 1 heteroatoms. The summed E-state index contributed by atoms with van der Waals surface area (Å²) in [7, 11) is 0. The quantitative estimate of drug-likeness (QED) is 0.770. The van der Waals surface area contributed by atoms with Crippen molar-refractivity contribution >= 4 is 0 Å². The Hall–Kier alpha value is -0.820. The van der Waals surface area contributed by atoms with Gasteiger partial charge in [0.1, 0.15) is 0 Å². The normalized spacial score (nSPS) is 23.5. The molecular formula is C20H31N. The summed E-state index contributed by atoms with van der Waals surface area (Å²) < 4.78 is 0. The maximum atomic E-state index is 3.98. The van der Waals surface area contributed by atoms with Gasteiger partial charge in [0.15, 0.2) is 0 Å². The molecule has 0 bridgehead atoms. The molecule has 3 rings (SSSR count). The van der Waals surface area contributed by atoms with E-state index in [9.17, 15) is 0 Å². The van der Waals surface area contributed by atoms with Crippen LogP contribution in [0, 0.1) is 5.92 Å². The van der Waals surface area contributed by atoms with E-state index in [0.717, 1.165) is 5.92 Å². The van der Waals surface area contributed by atoms with Gasteiger partial charge >= 0.3 is 0 Å². The van der Waals surface area contributed by atoms with Crippen LogP contribution in [0.1, 0.15) is 70.3 Å². The van der Waals surface area contributed by atoms with Gasteiger partial charge in [-0.2, -0.15) is 0 Å². The fourth-order valence-corrected chi connectivity index (χ4v) is 4.69. The minimum Gasteiger partial charge on any atom is -0.313 e. The number of hydrogen-bond acceptors (Lipinski definition) is 1. The van der Waals surface area contributed by atoms with Crippen LogP contribution in [0.4, 0.5) is 0 Å². The van der Waals surface area contributed by atoms with Crippen LogP contribution in [0.5, 0.6) is 0 Å². The van der Waals surface area contributed by atoms with Gasteiger partial charge in [-0.15, -0.1) is 0 Å². The molecule has 2 aliphatic carbocycles. The Bertz CT molecular complexity index is 415. The van der Waals surface area contributed by atoms with Crippen LogP contribution in [-0.2, 0) is 5.41 Å². The van der Waals surface area contributed by atoms with Crippen molar-refractivity contribution in [3.05, 3.63) is 35.9 Å². The lowest BCUT2D eigenvalue weighted by molar-refractivity contribution is 0.105. The third kappa shape index (κ3) is 3.04. The van der Waals surface area contributed by atoms with Gasteiger partial charge in [0.2, 0.25) is 0 Å². The standard InChI is InChI=1S/C20H31N/c1-2-16-21-19(17-10-5-3-6-11-17)20(14-9-15-20)18-12-7-4-8-13-18/h4,7-8,12-13,17,19,21H,2-3,5-6,9-11,14-16H2,1H3. The number of rotatable bonds is 6. The first-order chi connectivity index (χ1) is 10.4. The molecule has 0 radical (unpaired) electrons. The molecular weight excluding hydrogens is 254 g/mol. The van der Waals surface area contributed by atoms with E-state index in [1.807, 2.05) is 0 Å².